The van der Waals surface area contributed by atoms with Crippen molar-refractivity contribution >= 4 is 17.5 Å². The molecule has 2 N–H and O–H groups in total. The fourth-order valence-electron chi connectivity index (χ4n) is 2.91. The molecule has 0 atom stereocenters. The number of aromatic nitrogens is 1. The number of benzene rings is 2. The number of anilines is 1. The van der Waals surface area contributed by atoms with E-state index >= 15 is 0 Å². The summed E-state index contributed by atoms with van der Waals surface area (Å²) >= 11 is 0. The Hall–Kier alpha value is -3.61. The topological polar surface area (TPSA) is 93.5 Å². The zero-order chi connectivity index (χ0) is 22.6. The van der Waals surface area contributed by atoms with E-state index in [4.69, 9.17) is 9.26 Å². The molecule has 0 aliphatic heterocycles. The van der Waals surface area contributed by atoms with Crippen molar-refractivity contribution in [2.75, 3.05) is 5.32 Å². The first-order chi connectivity index (χ1) is 14.6. The third kappa shape index (κ3) is 5.94. The number of nitrogens with zero attached hydrogens (tertiary/aromatic N) is 1. The Balaban J connectivity index is 1.63. The van der Waals surface area contributed by atoms with Crippen molar-refractivity contribution in [3.8, 4) is 5.75 Å². The number of hydrogen-bond donors (Lipinski definition) is 2. The molecule has 0 unspecified atom stereocenters. The third-order valence-corrected chi connectivity index (χ3v) is 4.55. The van der Waals surface area contributed by atoms with Crippen LogP contribution >= 0.6 is 0 Å². The number of carbonyl (C=O) groups excluding carboxylic acids is 2. The molecule has 0 aliphatic rings. The maximum Gasteiger partial charge on any atom is 0.255 e. The van der Waals surface area contributed by atoms with Crippen LogP contribution in [0, 0.1) is 13.8 Å². The van der Waals surface area contributed by atoms with E-state index in [0.717, 1.165) is 11.3 Å². The summed E-state index contributed by atoms with van der Waals surface area (Å²) in [5.41, 5.74) is 2.95. The van der Waals surface area contributed by atoms with Gasteiger partial charge in [-0.2, -0.15) is 0 Å². The Labute approximate surface area is 181 Å². The molecule has 3 rings (SSSR count). The summed E-state index contributed by atoms with van der Waals surface area (Å²) in [6.07, 6.45) is 0. The third-order valence-electron chi connectivity index (χ3n) is 4.55. The van der Waals surface area contributed by atoms with Crippen molar-refractivity contribution in [3.05, 3.63) is 76.7 Å². The molecular formula is C24H27N3O4. The van der Waals surface area contributed by atoms with Gasteiger partial charge in [0.15, 0.2) is 0 Å². The summed E-state index contributed by atoms with van der Waals surface area (Å²) in [6, 6.07) is 13.7. The molecule has 0 aliphatic carbocycles. The van der Waals surface area contributed by atoms with Gasteiger partial charge in [-0.15, -0.1) is 0 Å². The second-order valence-electron chi connectivity index (χ2n) is 8.35. The monoisotopic (exact) mass is 421 g/mol. The van der Waals surface area contributed by atoms with Gasteiger partial charge in [0.1, 0.15) is 18.1 Å². The number of hydrogen-bond acceptors (Lipinski definition) is 5. The maximum absolute atomic E-state index is 12.6. The van der Waals surface area contributed by atoms with Gasteiger partial charge in [0.05, 0.1) is 11.3 Å². The van der Waals surface area contributed by atoms with Gasteiger partial charge in [0, 0.05) is 22.4 Å². The van der Waals surface area contributed by atoms with E-state index in [1.807, 2.05) is 34.6 Å². The number of carbonyl (C=O) groups is 2. The van der Waals surface area contributed by atoms with Crippen molar-refractivity contribution in [3.63, 3.8) is 0 Å². The summed E-state index contributed by atoms with van der Waals surface area (Å²) in [5.74, 6) is 0.857. The Kier molecular flexibility index (Phi) is 6.44. The second-order valence-corrected chi connectivity index (χ2v) is 8.35. The van der Waals surface area contributed by atoms with Crippen molar-refractivity contribution in [1.82, 2.24) is 10.5 Å². The van der Waals surface area contributed by atoms with E-state index in [9.17, 15) is 9.59 Å². The highest BCUT2D eigenvalue weighted by Crippen LogP contribution is 2.19. The largest absolute Gasteiger partial charge is 0.489 e. The number of nitrogens with one attached hydrogen (secondary N) is 2. The van der Waals surface area contributed by atoms with Crippen LogP contribution in [0.3, 0.4) is 0 Å². The van der Waals surface area contributed by atoms with Crippen molar-refractivity contribution < 1.29 is 18.8 Å². The molecule has 3 aromatic rings. The van der Waals surface area contributed by atoms with E-state index in [-0.39, 0.29) is 17.4 Å². The van der Waals surface area contributed by atoms with Gasteiger partial charge in [-0.05, 0) is 77.1 Å². The lowest BCUT2D eigenvalue weighted by molar-refractivity contribution is 0.0919. The molecule has 0 spiro atoms. The van der Waals surface area contributed by atoms with Crippen LogP contribution in [0.1, 0.15) is 58.5 Å². The Morgan fingerprint density at radius 1 is 1.00 bits per heavy atom. The first kappa shape index (κ1) is 22.1. The first-order valence-corrected chi connectivity index (χ1v) is 10.0. The van der Waals surface area contributed by atoms with Crippen LogP contribution in [-0.4, -0.2) is 22.5 Å². The van der Waals surface area contributed by atoms with Crippen LogP contribution < -0.4 is 15.4 Å². The molecule has 0 saturated carbocycles. The number of amides is 2. The summed E-state index contributed by atoms with van der Waals surface area (Å²) in [7, 11) is 0. The van der Waals surface area contributed by atoms with Crippen molar-refractivity contribution in [2.24, 2.45) is 0 Å². The van der Waals surface area contributed by atoms with E-state index in [2.05, 4.69) is 15.8 Å². The molecule has 7 heteroatoms. The van der Waals surface area contributed by atoms with Crippen LogP contribution in [0.25, 0.3) is 0 Å². The van der Waals surface area contributed by atoms with Gasteiger partial charge >= 0.3 is 0 Å². The lowest BCUT2D eigenvalue weighted by Crippen LogP contribution is -2.40. The fraction of sp³-hybridized carbons (Fsp3) is 0.292. The standard InChI is InChI=1S/C24H27N3O4/c1-15-21(16(2)31-27-15)14-30-20-8-6-7-18(13-20)22(28)25-19-11-9-17(10-12-19)23(29)26-24(3,4)5/h6-13H,14H2,1-5H3,(H,25,28)(H,26,29). The lowest BCUT2D eigenvalue weighted by atomic mass is 10.1. The zero-order valence-electron chi connectivity index (χ0n) is 18.4. The molecule has 1 aromatic heterocycles. The summed E-state index contributed by atoms with van der Waals surface area (Å²) < 4.78 is 11.0. The normalized spacial score (nSPS) is 11.1. The highest BCUT2D eigenvalue weighted by atomic mass is 16.5. The van der Waals surface area contributed by atoms with Crippen molar-refractivity contribution in [1.29, 1.82) is 0 Å². The van der Waals surface area contributed by atoms with Gasteiger partial charge in [-0.1, -0.05) is 11.2 Å². The lowest BCUT2D eigenvalue weighted by Gasteiger charge is -2.20. The highest BCUT2D eigenvalue weighted by molar-refractivity contribution is 6.04. The highest BCUT2D eigenvalue weighted by Gasteiger charge is 2.15. The molecule has 0 saturated heterocycles. The molecule has 0 bridgehead atoms. The quantitative estimate of drug-likeness (QED) is 0.604. The predicted molar refractivity (Wildman–Crippen MR) is 118 cm³/mol. The number of rotatable bonds is 6. The minimum absolute atomic E-state index is 0.159. The fourth-order valence-corrected chi connectivity index (χ4v) is 2.91. The van der Waals surface area contributed by atoms with Crippen LogP contribution in [0.15, 0.2) is 53.1 Å². The molecule has 2 aromatic carbocycles. The van der Waals surface area contributed by atoms with E-state index in [1.165, 1.54) is 0 Å². The first-order valence-electron chi connectivity index (χ1n) is 10.0. The second kappa shape index (κ2) is 9.04. The number of aryl methyl sites for hydroxylation is 2. The van der Waals surface area contributed by atoms with Crippen LogP contribution in [-0.2, 0) is 6.61 Å². The average molecular weight is 421 g/mol. The molecular weight excluding hydrogens is 394 g/mol. The van der Waals surface area contributed by atoms with Gasteiger partial charge < -0.3 is 19.9 Å². The van der Waals surface area contributed by atoms with Gasteiger partial charge in [-0.3, -0.25) is 9.59 Å². The van der Waals surface area contributed by atoms with E-state index in [1.54, 1.807) is 48.5 Å². The molecule has 0 radical (unpaired) electrons. The molecule has 1 heterocycles. The summed E-state index contributed by atoms with van der Waals surface area (Å²) in [5, 5.41) is 9.65. The maximum atomic E-state index is 12.6. The Morgan fingerprint density at radius 2 is 1.71 bits per heavy atom. The molecule has 0 fully saturated rings. The summed E-state index contributed by atoms with van der Waals surface area (Å²) in [6.45, 7) is 9.77. The van der Waals surface area contributed by atoms with Gasteiger partial charge in [0.2, 0.25) is 0 Å². The van der Waals surface area contributed by atoms with Crippen LogP contribution in [0.4, 0.5) is 5.69 Å². The van der Waals surface area contributed by atoms with Crippen LogP contribution in [0.5, 0.6) is 5.75 Å². The smallest absolute Gasteiger partial charge is 0.255 e. The molecule has 2 amide bonds. The molecule has 31 heavy (non-hydrogen) atoms. The Bertz CT molecular complexity index is 1060. The minimum Gasteiger partial charge on any atom is -0.489 e. The van der Waals surface area contributed by atoms with Gasteiger partial charge in [-0.25, -0.2) is 0 Å². The van der Waals surface area contributed by atoms with E-state index in [0.29, 0.717) is 34.9 Å². The summed E-state index contributed by atoms with van der Waals surface area (Å²) in [4.78, 5) is 24.9. The zero-order valence-corrected chi connectivity index (χ0v) is 18.4. The Morgan fingerprint density at radius 3 is 2.32 bits per heavy atom. The minimum atomic E-state index is -0.317. The molecule has 162 valence electrons. The van der Waals surface area contributed by atoms with Crippen LogP contribution in [0.2, 0.25) is 0 Å². The predicted octanol–water partition coefficient (Wildman–Crippen LogP) is 4.65. The average Bonchev–Trinajstić information content (AvgIpc) is 3.03. The van der Waals surface area contributed by atoms with Crippen molar-refractivity contribution in [2.45, 2.75) is 46.8 Å². The molecule has 7 nitrogen and oxygen atoms in total. The SMILES string of the molecule is Cc1noc(C)c1COc1cccc(C(=O)Nc2ccc(C(=O)NC(C)(C)C)cc2)c1. The number of ether oxygens (including phenoxy) is 1. The van der Waals surface area contributed by atoms with E-state index < -0.39 is 0 Å². The van der Waals surface area contributed by atoms with Gasteiger partial charge in [0.25, 0.3) is 11.8 Å².